The van der Waals surface area contributed by atoms with Crippen LogP contribution in [0, 0.1) is 6.92 Å². The minimum absolute atomic E-state index is 0.943. The first-order valence-electron chi connectivity index (χ1n) is 6.53. The normalized spacial score (nSPS) is 11.5. The molecule has 1 nitrogen and oxygen atoms in total. The molecule has 0 amide bonds. The average Bonchev–Trinajstić information content (AvgIpc) is 2.46. The second-order valence-corrected chi connectivity index (χ2v) is 4.55. The van der Waals surface area contributed by atoms with Crippen molar-refractivity contribution in [1.29, 1.82) is 0 Å². The summed E-state index contributed by atoms with van der Waals surface area (Å²) < 4.78 is 0. The van der Waals surface area contributed by atoms with Gasteiger partial charge in [0.2, 0.25) is 0 Å². The summed E-state index contributed by atoms with van der Waals surface area (Å²) in [7, 11) is 1.78. The smallest absolute Gasteiger partial charge is 0.0277 e. The van der Waals surface area contributed by atoms with Gasteiger partial charge in [0.05, 0.1) is 0 Å². The first-order valence-corrected chi connectivity index (χ1v) is 6.53. The van der Waals surface area contributed by atoms with Crippen LogP contribution < -0.4 is 0 Å². The van der Waals surface area contributed by atoms with Gasteiger partial charge in [0.15, 0.2) is 0 Å². The van der Waals surface area contributed by atoms with Gasteiger partial charge in [0.1, 0.15) is 0 Å². The van der Waals surface area contributed by atoms with Crippen molar-refractivity contribution in [3.63, 3.8) is 0 Å². The van der Waals surface area contributed by atoms with Gasteiger partial charge in [-0.05, 0) is 41.7 Å². The summed E-state index contributed by atoms with van der Waals surface area (Å²) >= 11 is 0. The Hall–Kier alpha value is -2.15. The zero-order chi connectivity index (χ0) is 13.5. The molecule has 0 heterocycles. The van der Waals surface area contributed by atoms with Crippen molar-refractivity contribution < 1.29 is 0 Å². The molecule has 0 atom stereocenters. The molecule has 0 saturated heterocycles. The Labute approximate surface area is 115 Å². The maximum atomic E-state index is 3.94. The Morgan fingerprint density at radius 2 is 1.79 bits per heavy atom. The van der Waals surface area contributed by atoms with E-state index in [0.717, 1.165) is 6.42 Å². The van der Waals surface area contributed by atoms with Crippen molar-refractivity contribution >= 4 is 6.21 Å². The number of aryl methyl sites for hydroxylation is 1. The molecule has 1 heteroatoms. The molecule has 0 aliphatic carbocycles. The fourth-order valence-electron chi connectivity index (χ4n) is 2.04. The molecule has 96 valence electrons. The Balaban J connectivity index is 2.25. The van der Waals surface area contributed by atoms with E-state index < -0.39 is 0 Å². The van der Waals surface area contributed by atoms with Crippen LogP contribution in [-0.2, 0) is 6.42 Å². The maximum Gasteiger partial charge on any atom is 0.0277 e. The van der Waals surface area contributed by atoms with Crippen molar-refractivity contribution in [1.82, 2.24) is 0 Å². The molecule has 0 saturated carbocycles. The lowest BCUT2D eigenvalue weighted by molar-refractivity contribution is 1.22. The van der Waals surface area contributed by atoms with E-state index >= 15 is 0 Å². The first-order chi connectivity index (χ1) is 9.31. The van der Waals surface area contributed by atoms with Gasteiger partial charge in [0, 0.05) is 13.3 Å². The molecular formula is C18H19N. The summed E-state index contributed by atoms with van der Waals surface area (Å²) in [6, 6.07) is 17.1. The lowest BCUT2D eigenvalue weighted by Crippen LogP contribution is -1.89. The molecular weight excluding hydrogens is 230 g/mol. The molecule has 0 fully saturated rings. The summed E-state index contributed by atoms with van der Waals surface area (Å²) in [5.41, 5.74) is 5.24. The van der Waals surface area contributed by atoms with Gasteiger partial charge in [-0.15, -0.1) is 0 Å². The van der Waals surface area contributed by atoms with Gasteiger partial charge in [-0.2, -0.15) is 0 Å². The minimum Gasteiger partial charge on any atom is -0.297 e. The topological polar surface area (TPSA) is 12.4 Å². The van der Waals surface area contributed by atoms with Crippen molar-refractivity contribution in [3.05, 3.63) is 71.8 Å². The van der Waals surface area contributed by atoms with Crippen LogP contribution in [0.25, 0.3) is 11.1 Å². The lowest BCUT2D eigenvalue weighted by atomic mass is 9.98. The fourth-order valence-corrected chi connectivity index (χ4v) is 2.04. The number of allylic oxidation sites excluding steroid dienone is 2. The largest absolute Gasteiger partial charge is 0.297 e. The third-order valence-corrected chi connectivity index (χ3v) is 3.17. The van der Waals surface area contributed by atoms with Crippen molar-refractivity contribution in [2.45, 2.75) is 13.3 Å². The Kier molecular flexibility index (Phi) is 4.68. The van der Waals surface area contributed by atoms with Crippen LogP contribution in [0.4, 0.5) is 0 Å². The summed E-state index contributed by atoms with van der Waals surface area (Å²) in [6.45, 7) is 2.16. The Bertz CT molecular complexity index is 580. The quantitative estimate of drug-likeness (QED) is 0.709. The monoisotopic (exact) mass is 249 g/mol. The number of benzene rings is 2. The van der Waals surface area contributed by atoms with Crippen LogP contribution in [-0.4, -0.2) is 13.3 Å². The average molecular weight is 249 g/mol. The van der Waals surface area contributed by atoms with Gasteiger partial charge in [-0.1, -0.05) is 54.6 Å². The molecule has 0 unspecified atom stereocenters. The Morgan fingerprint density at radius 1 is 1.00 bits per heavy atom. The zero-order valence-electron chi connectivity index (χ0n) is 11.5. The molecule has 2 aromatic carbocycles. The van der Waals surface area contributed by atoms with Crippen molar-refractivity contribution in [2.75, 3.05) is 7.05 Å². The molecule has 0 aromatic heterocycles. The van der Waals surface area contributed by atoms with E-state index in [2.05, 4.69) is 60.5 Å². The maximum absolute atomic E-state index is 3.94. The summed E-state index contributed by atoms with van der Waals surface area (Å²) in [5.74, 6) is 0. The molecule has 0 spiro atoms. The molecule has 2 rings (SSSR count). The molecule has 0 aliphatic heterocycles. The summed E-state index contributed by atoms with van der Waals surface area (Å²) in [4.78, 5) is 3.94. The van der Waals surface area contributed by atoms with E-state index in [0.29, 0.717) is 0 Å². The van der Waals surface area contributed by atoms with Gasteiger partial charge in [0.25, 0.3) is 0 Å². The van der Waals surface area contributed by atoms with Crippen molar-refractivity contribution in [3.8, 4) is 11.1 Å². The summed E-state index contributed by atoms with van der Waals surface area (Å²) in [6.07, 6.45) is 6.90. The zero-order valence-corrected chi connectivity index (χ0v) is 11.5. The highest BCUT2D eigenvalue weighted by Gasteiger charge is 2.01. The highest BCUT2D eigenvalue weighted by Crippen LogP contribution is 2.22. The second-order valence-electron chi connectivity index (χ2n) is 4.55. The highest BCUT2D eigenvalue weighted by atomic mass is 14.6. The van der Waals surface area contributed by atoms with Crippen LogP contribution in [0.2, 0.25) is 0 Å². The molecule has 0 aliphatic rings. The van der Waals surface area contributed by atoms with Crippen molar-refractivity contribution in [2.24, 2.45) is 4.99 Å². The van der Waals surface area contributed by atoms with E-state index in [4.69, 9.17) is 0 Å². The summed E-state index contributed by atoms with van der Waals surface area (Å²) in [5, 5.41) is 0. The van der Waals surface area contributed by atoms with E-state index in [1.807, 2.05) is 18.4 Å². The van der Waals surface area contributed by atoms with Crippen LogP contribution in [0.15, 0.2) is 65.7 Å². The van der Waals surface area contributed by atoms with E-state index in [9.17, 15) is 0 Å². The predicted molar refractivity (Wildman–Crippen MR) is 83.9 cm³/mol. The number of hydrogen-bond donors (Lipinski definition) is 0. The van der Waals surface area contributed by atoms with Crippen LogP contribution in [0.3, 0.4) is 0 Å². The molecule has 0 N–H and O–H groups in total. The second kappa shape index (κ2) is 6.69. The van der Waals surface area contributed by atoms with Crippen LogP contribution in [0.1, 0.15) is 11.1 Å². The molecule has 0 radical (unpaired) electrons. The minimum atomic E-state index is 0.943. The van der Waals surface area contributed by atoms with E-state index in [1.54, 1.807) is 7.05 Å². The molecule has 2 aromatic rings. The predicted octanol–water partition coefficient (Wildman–Crippen LogP) is 4.46. The fraction of sp³-hybridized carbons (Fsp3) is 0.167. The third-order valence-electron chi connectivity index (χ3n) is 3.17. The van der Waals surface area contributed by atoms with E-state index in [1.165, 1.54) is 22.3 Å². The van der Waals surface area contributed by atoms with Gasteiger partial charge in [-0.25, -0.2) is 0 Å². The van der Waals surface area contributed by atoms with Gasteiger partial charge in [-0.3, -0.25) is 4.99 Å². The molecule has 0 bridgehead atoms. The van der Waals surface area contributed by atoms with E-state index in [-0.39, 0.29) is 0 Å². The number of hydrogen-bond acceptors (Lipinski definition) is 1. The SMILES string of the molecule is CN=C/C=C\Cc1cc(-c2ccccc2)ccc1C. The lowest BCUT2D eigenvalue weighted by Gasteiger charge is -2.07. The number of aliphatic imine (C=N–C) groups is 1. The highest BCUT2D eigenvalue weighted by molar-refractivity contribution is 5.71. The number of rotatable bonds is 4. The standard InChI is InChI=1S/C18H19N/c1-15-11-12-18(16-8-4-3-5-9-16)14-17(15)10-6-7-13-19-2/h3-9,11-14H,10H2,1-2H3/b7-6-,19-13?. The molecule has 19 heavy (non-hydrogen) atoms. The van der Waals surface area contributed by atoms with Crippen LogP contribution >= 0.6 is 0 Å². The third kappa shape index (κ3) is 3.65. The van der Waals surface area contributed by atoms with Gasteiger partial charge < -0.3 is 0 Å². The van der Waals surface area contributed by atoms with Crippen LogP contribution in [0.5, 0.6) is 0 Å². The number of nitrogens with zero attached hydrogens (tertiary/aromatic N) is 1. The Morgan fingerprint density at radius 3 is 2.53 bits per heavy atom. The van der Waals surface area contributed by atoms with Gasteiger partial charge >= 0.3 is 0 Å². The first kappa shape index (κ1) is 13.3.